The predicted molar refractivity (Wildman–Crippen MR) is 221 cm³/mol. The molecule has 264 valence electrons. The van der Waals surface area contributed by atoms with Crippen molar-refractivity contribution in [3.8, 4) is 22.3 Å². The van der Waals surface area contributed by atoms with Crippen LogP contribution >= 0.6 is 0 Å². The van der Waals surface area contributed by atoms with Gasteiger partial charge in [-0.15, -0.1) is 0 Å². The van der Waals surface area contributed by atoms with Gasteiger partial charge < -0.3 is 4.90 Å². The van der Waals surface area contributed by atoms with E-state index in [1.165, 1.54) is 21.5 Å². The van der Waals surface area contributed by atoms with Crippen LogP contribution in [0.2, 0.25) is 0 Å². The van der Waals surface area contributed by atoms with Gasteiger partial charge in [0.2, 0.25) is 0 Å². The molecule has 0 amide bonds. The minimum absolute atomic E-state index is 0.0300. The maximum absolute atomic E-state index is 9.07. The average molecular weight is 704 g/mol. The first-order valence-electron chi connectivity index (χ1n) is 18.5. The van der Waals surface area contributed by atoms with Crippen LogP contribution in [-0.4, -0.2) is 28.8 Å². The number of benzene rings is 6. The van der Waals surface area contributed by atoms with Crippen molar-refractivity contribution in [1.82, 2.24) is 0 Å². The van der Waals surface area contributed by atoms with E-state index < -0.39 is 11.3 Å². The van der Waals surface area contributed by atoms with Gasteiger partial charge in [-0.25, -0.2) is 0 Å². The van der Waals surface area contributed by atoms with Crippen LogP contribution in [0.15, 0.2) is 158 Å². The molecule has 0 bridgehead atoms. The zero-order valence-electron chi connectivity index (χ0n) is 31.4. The van der Waals surface area contributed by atoms with Gasteiger partial charge in [0, 0.05) is 17.2 Å². The fourth-order valence-electron chi connectivity index (χ4n) is 7.84. The largest absolute Gasteiger partial charge is 0.304 e. The third kappa shape index (κ3) is 5.68. The number of nitrogens with zero attached hydrogens (tertiary/aromatic N) is 6. The molecule has 0 fully saturated rings. The summed E-state index contributed by atoms with van der Waals surface area (Å²) in [6.07, 6.45) is 5.77. The van der Waals surface area contributed by atoms with Crippen LogP contribution in [0.1, 0.15) is 41.5 Å². The van der Waals surface area contributed by atoms with Gasteiger partial charge >= 0.3 is 0 Å². The van der Waals surface area contributed by atoms with E-state index in [0.29, 0.717) is 11.4 Å². The van der Waals surface area contributed by atoms with Gasteiger partial charge in [-0.2, -0.15) is 0 Å². The minimum Gasteiger partial charge on any atom is -0.304 e. The molecule has 0 radical (unpaired) electrons. The smallest absolute Gasteiger partial charge is 0.146 e. The fourth-order valence-corrected chi connectivity index (χ4v) is 7.84. The highest BCUT2D eigenvalue weighted by molar-refractivity contribution is 6.52. The number of hydrogen-bond donors (Lipinski definition) is 1. The molecule has 54 heavy (non-hydrogen) atoms. The Morgan fingerprint density at radius 2 is 1.15 bits per heavy atom. The summed E-state index contributed by atoms with van der Waals surface area (Å²) in [6, 6.07) is 38.5. The van der Waals surface area contributed by atoms with Gasteiger partial charge in [0.05, 0.1) is 33.5 Å². The molecule has 0 saturated carbocycles. The molecule has 2 aliphatic heterocycles. The number of anilines is 2. The normalized spacial score (nSPS) is 17.1. The van der Waals surface area contributed by atoms with Crippen LogP contribution in [0, 0.1) is 5.41 Å². The van der Waals surface area contributed by atoms with E-state index in [-0.39, 0.29) is 6.04 Å². The molecule has 3 aliphatic rings. The van der Waals surface area contributed by atoms with Crippen LogP contribution < -0.4 is 26.3 Å². The molecule has 6 aromatic rings. The third-order valence-corrected chi connectivity index (χ3v) is 10.1. The zero-order chi connectivity index (χ0) is 37.4. The van der Waals surface area contributed by atoms with Gasteiger partial charge in [-0.1, -0.05) is 84.9 Å². The molecule has 2 heterocycles. The van der Waals surface area contributed by atoms with Crippen LogP contribution in [0.3, 0.4) is 0 Å². The minimum atomic E-state index is -0.689. The average Bonchev–Trinajstić information content (AvgIpc) is 3.67. The lowest BCUT2D eigenvalue weighted by Gasteiger charge is -2.30. The second-order valence-electron chi connectivity index (χ2n) is 15.4. The van der Waals surface area contributed by atoms with Crippen molar-refractivity contribution in [3.63, 3.8) is 0 Å². The predicted octanol–water partition coefficient (Wildman–Crippen LogP) is 8.77. The number of nitrogens with one attached hydrogen (secondary N) is 1. The first-order chi connectivity index (χ1) is 26.0. The molecule has 9 rings (SSSR count). The first kappa shape index (κ1) is 33.5. The Labute approximate surface area is 314 Å². The lowest BCUT2D eigenvalue weighted by atomic mass is 9.96. The second-order valence-corrected chi connectivity index (χ2v) is 15.4. The highest BCUT2D eigenvalue weighted by Gasteiger charge is 2.32. The Morgan fingerprint density at radius 3 is 1.80 bits per heavy atom. The molecule has 0 aromatic heterocycles. The highest BCUT2D eigenvalue weighted by Crippen LogP contribution is 2.34. The Balaban J connectivity index is 1.33. The van der Waals surface area contributed by atoms with Crippen molar-refractivity contribution in [2.45, 2.75) is 58.9 Å². The zero-order valence-corrected chi connectivity index (χ0v) is 31.4. The van der Waals surface area contributed by atoms with Gasteiger partial charge in [0.25, 0.3) is 0 Å². The Morgan fingerprint density at radius 1 is 0.593 bits per heavy atom. The Bertz CT molecular complexity index is 2930. The SMILES string of the molecule is CC(C)N=C1C(=N)C=CC=C1N(c1ccc(-c2ccccc2)c2c1=NC(C)(C)N=2)c1ccc(-c2ccc3ccc4ccccc4c3c2)c2c1=NC(C)(C)N=2. The quantitative estimate of drug-likeness (QED) is 0.136. The van der Waals surface area contributed by atoms with Crippen LogP contribution in [0.25, 0.3) is 43.8 Å². The summed E-state index contributed by atoms with van der Waals surface area (Å²) in [5, 5.41) is 17.2. The summed E-state index contributed by atoms with van der Waals surface area (Å²) in [4.78, 5) is 28.2. The van der Waals surface area contributed by atoms with E-state index in [9.17, 15) is 0 Å². The van der Waals surface area contributed by atoms with Crippen molar-refractivity contribution >= 4 is 44.3 Å². The Hall–Kier alpha value is -6.34. The number of rotatable bonds is 6. The molecule has 0 unspecified atom stereocenters. The van der Waals surface area contributed by atoms with Crippen molar-refractivity contribution < 1.29 is 0 Å². The third-order valence-electron chi connectivity index (χ3n) is 10.1. The summed E-state index contributed by atoms with van der Waals surface area (Å²) >= 11 is 0. The van der Waals surface area contributed by atoms with Gasteiger partial charge in [0.15, 0.2) is 0 Å². The molecule has 7 heteroatoms. The van der Waals surface area contributed by atoms with Crippen molar-refractivity contribution in [2.24, 2.45) is 25.0 Å². The van der Waals surface area contributed by atoms with Crippen molar-refractivity contribution in [3.05, 3.63) is 155 Å². The summed E-state index contributed by atoms with van der Waals surface area (Å²) in [7, 11) is 0. The number of fused-ring (bicyclic) bond motifs is 5. The van der Waals surface area contributed by atoms with Crippen LogP contribution in [0.4, 0.5) is 11.4 Å². The van der Waals surface area contributed by atoms with E-state index in [1.807, 2.05) is 71.9 Å². The summed E-state index contributed by atoms with van der Waals surface area (Å²) in [6.45, 7) is 12.3. The van der Waals surface area contributed by atoms with E-state index in [2.05, 4.69) is 95.9 Å². The van der Waals surface area contributed by atoms with Crippen molar-refractivity contribution in [1.29, 1.82) is 5.41 Å². The maximum atomic E-state index is 9.07. The number of allylic oxidation sites excluding steroid dienone is 4. The van der Waals surface area contributed by atoms with E-state index in [0.717, 1.165) is 60.8 Å². The van der Waals surface area contributed by atoms with Gasteiger partial charge in [-0.3, -0.25) is 30.4 Å². The molecule has 0 saturated heterocycles. The molecule has 0 atom stereocenters. The van der Waals surface area contributed by atoms with E-state index >= 15 is 0 Å². The molecule has 1 aliphatic carbocycles. The summed E-state index contributed by atoms with van der Waals surface area (Å²) in [5.74, 6) is 0. The monoisotopic (exact) mass is 703 g/mol. The number of hydrogen-bond acceptors (Lipinski definition) is 7. The lowest BCUT2D eigenvalue weighted by molar-refractivity contribution is 0.549. The summed E-state index contributed by atoms with van der Waals surface area (Å²) in [5.41, 5.74) is 6.27. The number of aliphatic imine (C=N–C) groups is 1. The van der Waals surface area contributed by atoms with Crippen LogP contribution in [-0.2, 0) is 0 Å². The molecular formula is C47H41N7. The second kappa shape index (κ2) is 12.4. The topological polar surface area (TPSA) is 88.9 Å². The molecule has 6 aromatic carbocycles. The highest BCUT2D eigenvalue weighted by atomic mass is 15.2. The van der Waals surface area contributed by atoms with Crippen LogP contribution in [0.5, 0.6) is 0 Å². The molecular weight excluding hydrogens is 663 g/mol. The van der Waals surface area contributed by atoms with E-state index in [1.54, 1.807) is 6.08 Å². The standard InChI is InChI=1S/C47H41N7/c1-28(2)49-43-37(48)17-12-18-38(43)54(39-25-23-34(29-13-8-7-9-14-29)41-44(39)52-46(3,4)50-41)40-26-24-35(42-45(40)53-47(5,6)51-42)32-22-21-31-20-19-30-15-10-11-16-33(30)36(31)27-32/h7-28,48H,1-6H3. The molecule has 1 N–H and O–H groups in total. The maximum Gasteiger partial charge on any atom is 0.146 e. The van der Waals surface area contributed by atoms with E-state index in [4.69, 9.17) is 30.4 Å². The Kier molecular flexibility index (Phi) is 7.68. The first-order valence-corrected chi connectivity index (χ1v) is 18.5. The fraction of sp³-hybridized carbons (Fsp3) is 0.191. The van der Waals surface area contributed by atoms with Crippen molar-refractivity contribution in [2.75, 3.05) is 4.90 Å². The van der Waals surface area contributed by atoms with Gasteiger partial charge in [0.1, 0.15) is 27.8 Å². The molecule has 0 spiro atoms. The van der Waals surface area contributed by atoms with Gasteiger partial charge in [-0.05, 0) is 117 Å². The molecule has 7 nitrogen and oxygen atoms in total. The lowest BCUT2D eigenvalue weighted by Crippen LogP contribution is -2.40. The summed E-state index contributed by atoms with van der Waals surface area (Å²) < 4.78 is 0.